The molecule has 0 bridgehead atoms. The van der Waals surface area contributed by atoms with Gasteiger partial charge >= 0.3 is 0 Å². The molecule has 0 aliphatic rings. The highest BCUT2D eigenvalue weighted by atomic mass is 16.3. The normalized spacial score (nSPS) is 14.9. The van der Waals surface area contributed by atoms with E-state index in [9.17, 15) is 10.2 Å². The van der Waals surface area contributed by atoms with Gasteiger partial charge in [0, 0.05) is 18.3 Å². The third-order valence-corrected chi connectivity index (χ3v) is 2.26. The Morgan fingerprint density at radius 2 is 2.20 bits per heavy atom. The molecule has 5 heteroatoms. The van der Waals surface area contributed by atoms with Crippen molar-refractivity contribution in [3.8, 4) is 0 Å². The van der Waals surface area contributed by atoms with Gasteiger partial charge in [-0.25, -0.2) is 4.98 Å². The van der Waals surface area contributed by atoms with E-state index < -0.39 is 12.2 Å². The summed E-state index contributed by atoms with van der Waals surface area (Å²) in [6, 6.07) is 1.73. The Kier molecular flexibility index (Phi) is 4.02. The number of nitrogen functional groups attached to an aromatic ring is 1. The van der Waals surface area contributed by atoms with E-state index in [0.29, 0.717) is 17.9 Å². The summed E-state index contributed by atoms with van der Waals surface area (Å²) in [7, 11) is 1.71. The van der Waals surface area contributed by atoms with Gasteiger partial charge in [-0.05, 0) is 25.6 Å². The second kappa shape index (κ2) is 5.06. The van der Waals surface area contributed by atoms with Crippen molar-refractivity contribution in [2.75, 3.05) is 19.3 Å². The van der Waals surface area contributed by atoms with Crippen LogP contribution in [0.25, 0.3) is 0 Å². The number of nitrogens with one attached hydrogen (secondary N) is 1. The van der Waals surface area contributed by atoms with Gasteiger partial charge in [0.1, 0.15) is 11.9 Å². The first-order chi connectivity index (χ1) is 7.06. The Bertz CT molecular complexity index is 330. The van der Waals surface area contributed by atoms with Crippen molar-refractivity contribution in [2.45, 2.75) is 19.1 Å². The first-order valence-corrected chi connectivity index (χ1v) is 4.79. The minimum Gasteiger partial charge on any atom is -0.389 e. The SMILES string of the molecule is CNCC(O)C(O)c1cnc(N)c(C)c1. The van der Waals surface area contributed by atoms with E-state index in [-0.39, 0.29) is 0 Å². The quantitative estimate of drug-likeness (QED) is 0.543. The van der Waals surface area contributed by atoms with Crippen LogP contribution in [0.3, 0.4) is 0 Å². The minimum atomic E-state index is -0.941. The van der Waals surface area contributed by atoms with Gasteiger partial charge in [0.05, 0.1) is 6.10 Å². The smallest absolute Gasteiger partial charge is 0.126 e. The van der Waals surface area contributed by atoms with Crippen LogP contribution in [0.4, 0.5) is 5.82 Å². The zero-order chi connectivity index (χ0) is 11.4. The molecule has 0 saturated heterocycles. The van der Waals surface area contributed by atoms with Crippen LogP contribution in [-0.2, 0) is 0 Å². The fraction of sp³-hybridized carbons (Fsp3) is 0.500. The van der Waals surface area contributed by atoms with Crippen LogP contribution in [0, 0.1) is 6.92 Å². The summed E-state index contributed by atoms with van der Waals surface area (Å²) in [5.74, 6) is 0.439. The molecule has 1 aromatic rings. The van der Waals surface area contributed by atoms with Crippen LogP contribution in [0.1, 0.15) is 17.2 Å². The molecule has 1 rings (SSSR count). The lowest BCUT2D eigenvalue weighted by atomic mass is 10.0. The van der Waals surface area contributed by atoms with Gasteiger partial charge in [-0.1, -0.05) is 0 Å². The van der Waals surface area contributed by atoms with E-state index in [1.165, 1.54) is 6.20 Å². The molecular weight excluding hydrogens is 194 g/mol. The number of aryl methyl sites for hydroxylation is 1. The topological polar surface area (TPSA) is 91.4 Å². The van der Waals surface area contributed by atoms with Crippen molar-refractivity contribution in [3.05, 3.63) is 23.4 Å². The van der Waals surface area contributed by atoms with Gasteiger partial charge in [-0.15, -0.1) is 0 Å². The molecule has 15 heavy (non-hydrogen) atoms. The molecule has 0 radical (unpaired) electrons. The number of aromatic nitrogens is 1. The number of nitrogens with two attached hydrogens (primary N) is 1. The van der Waals surface area contributed by atoms with Crippen LogP contribution in [0.2, 0.25) is 0 Å². The number of pyridine rings is 1. The molecule has 0 aliphatic carbocycles. The minimum absolute atomic E-state index is 0.324. The molecule has 1 heterocycles. The van der Waals surface area contributed by atoms with Crippen molar-refractivity contribution < 1.29 is 10.2 Å². The number of aliphatic hydroxyl groups is 2. The lowest BCUT2D eigenvalue weighted by molar-refractivity contribution is 0.0200. The lowest BCUT2D eigenvalue weighted by Crippen LogP contribution is -2.29. The van der Waals surface area contributed by atoms with Crippen LogP contribution < -0.4 is 11.1 Å². The predicted molar refractivity (Wildman–Crippen MR) is 58.3 cm³/mol. The molecule has 0 aliphatic heterocycles. The van der Waals surface area contributed by atoms with Gasteiger partial charge in [-0.2, -0.15) is 0 Å². The van der Waals surface area contributed by atoms with E-state index in [0.717, 1.165) is 5.56 Å². The third kappa shape index (κ3) is 2.89. The summed E-state index contributed by atoms with van der Waals surface area (Å²) in [5, 5.41) is 22.1. The number of rotatable bonds is 4. The average Bonchev–Trinajstić information content (AvgIpc) is 2.21. The number of aliphatic hydroxyl groups excluding tert-OH is 2. The van der Waals surface area contributed by atoms with Gasteiger partial charge in [0.25, 0.3) is 0 Å². The van der Waals surface area contributed by atoms with Gasteiger partial charge in [0.2, 0.25) is 0 Å². The van der Waals surface area contributed by atoms with E-state index in [4.69, 9.17) is 5.73 Å². The molecule has 0 fully saturated rings. The molecule has 0 spiro atoms. The van der Waals surface area contributed by atoms with Crippen molar-refractivity contribution in [3.63, 3.8) is 0 Å². The maximum Gasteiger partial charge on any atom is 0.126 e. The molecule has 1 aromatic heterocycles. The van der Waals surface area contributed by atoms with Crippen LogP contribution in [0.15, 0.2) is 12.3 Å². The summed E-state index contributed by atoms with van der Waals surface area (Å²) in [4.78, 5) is 3.93. The molecular formula is C10H17N3O2. The molecule has 2 unspecified atom stereocenters. The number of anilines is 1. The number of hydrogen-bond acceptors (Lipinski definition) is 5. The Morgan fingerprint density at radius 1 is 1.53 bits per heavy atom. The summed E-state index contributed by atoms with van der Waals surface area (Å²) < 4.78 is 0. The van der Waals surface area contributed by atoms with Crippen LogP contribution in [-0.4, -0.2) is 34.9 Å². The molecule has 0 aromatic carbocycles. The standard InChI is InChI=1S/C10H17N3O2/c1-6-3-7(4-13-10(6)11)9(15)8(14)5-12-2/h3-4,8-9,12,14-15H,5H2,1-2H3,(H2,11,13). The highest BCUT2D eigenvalue weighted by Crippen LogP contribution is 2.18. The van der Waals surface area contributed by atoms with Crippen molar-refractivity contribution in [1.82, 2.24) is 10.3 Å². The average molecular weight is 211 g/mol. The summed E-state index contributed by atoms with van der Waals surface area (Å²) in [5.41, 5.74) is 6.92. The van der Waals surface area contributed by atoms with Crippen LogP contribution in [0.5, 0.6) is 0 Å². The van der Waals surface area contributed by atoms with E-state index in [1.54, 1.807) is 13.1 Å². The van der Waals surface area contributed by atoms with Crippen LogP contribution >= 0.6 is 0 Å². The van der Waals surface area contributed by atoms with E-state index in [2.05, 4.69) is 10.3 Å². The Hall–Kier alpha value is -1.17. The highest BCUT2D eigenvalue weighted by molar-refractivity contribution is 5.40. The first kappa shape index (κ1) is 11.9. The maximum atomic E-state index is 9.76. The molecule has 5 N–H and O–H groups in total. The second-order valence-electron chi connectivity index (χ2n) is 3.54. The molecule has 0 amide bonds. The Labute approximate surface area is 89.0 Å². The zero-order valence-corrected chi connectivity index (χ0v) is 8.94. The van der Waals surface area contributed by atoms with Gasteiger partial charge in [0.15, 0.2) is 0 Å². The summed E-state index contributed by atoms with van der Waals surface area (Å²) in [6.45, 7) is 2.13. The van der Waals surface area contributed by atoms with E-state index in [1.807, 2.05) is 6.92 Å². The molecule has 0 saturated carbocycles. The molecule has 84 valence electrons. The number of hydrogen-bond donors (Lipinski definition) is 4. The fourth-order valence-corrected chi connectivity index (χ4v) is 1.31. The monoisotopic (exact) mass is 211 g/mol. The number of nitrogens with zero attached hydrogens (tertiary/aromatic N) is 1. The summed E-state index contributed by atoms with van der Waals surface area (Å²) >= 11 is 0. The Morgan fingerprint density at radius 3 is 2.73 bits per heavy atom. The first-order valence-electron chi connectivity index (χ1n) is 4.79. The maximum absolute atomic E-state index is 9.76. The van der Waals surface area contributed by atoms with Crippen molar-refractivity contribution in [1.29, 1.82) is 0 Å². The predicted octanol–water partition coefficient (Wildman–Crippen LogP) is -0.414. The summed E-state index contributed by atoms with van der Waals surface area (Å²) in [6.07, 6.45) is -0.310. The molecule has 2 atom stereocenters. The van der Waals surface area contributed by atoms with Gasteiger partial charge < -0.3 is 21.3 Å². The highest BCUT2D eigenvalue weighted by Gasteiger charge is 2.18. The third-order valence-electron chi connectivity index (χ3n) is 2.26. The largest absolute Gasteiger partial charge is 0.389 e. The molecule has 5 nitrogen and oxygen atoms in total. The number of likely N-dealkylation sites (N-methyl/N-ethyl adjacent to an activating group) is 1. The van der Waals surface area contributed by atoms with Crippen molar-refractivity contribution in [2.24, 2.45) is 0 Å². The fourth-order valence-electron chi connectivity index (χ4n) is 1.31. The second-order valence-corrected chi connectivity index (χ2v) is 3.54. The zero-order valence-electron chi connectivity index (χ0n) is 8.94. The van der Waals surface area contributed by atoms with Gasteiger partial charge in [-0.3, -0.25) is 0 Å². The van der Waals surface area contributed by atoms with E-state index >= 15 is 0 Å². The van der Waals surface area contributed by atoms with Crippen molar-refractivity contribution >= 4 is 5.82 Å². The lowest BCUT2D eigenvalue weighted by Gasteiger charge is -2.18. The Balaban J connectivity index is 2.81.